The van der Waals surface area contributed by atoms with Gasteiger partial charge < -0.3 is 15.1 Å². The zero-order valence-corrected chi connectivity index (χ0v) is 17.2. The summed E-state index contributed by atoms with van der Waals surface area (Å²) in [5.41, 5.74) is 0.622. The molecule has 1 N–H and O–H groups in total. The molecule has 136 valence electrons. The Morgan fingerprint density at radius 2 is 1.85 bits per heavy atom. The molecule has 0 saturated carbocycles. The second-order valence-corrected chi connectivity index (χ2v) is 8.92. The second-order valence-electron chi connectivity index (χ2n) is 5.88. The van der Waals surface area contributed by atoms with E-state index in [4.69, 9.17) is 0 Å². The van der Waals surface area contributed by atoms with Gasteiger partial charge in [0.25, 0.3) is 11.1 Å². The standard InChI is InChI=1S/C17H18N4O2S3/c1-20(2)16-19-15-13(25-16)9-12(24-15)14(22)18-10-7-5-6-8-11(10)26-17(23)21(3)4/h5-9H,1-4H3,(H,18,22). The van der Waals surface area contributed by atoms with Gasteiger partial charge in [-0.25, -0.2) is 4.98 Å². The number of fused-ring (bicyclic) bond motifs is 1. The highest BCUT2D eigenvalue weighted by Crippen LogP contribution is 2.35. The van der Waals surface area contributed by atoms with Gasteiger partial charge in [0.1, 0.15) is 4.83 Å². The summed E-state index contributed by atoms with van der Waals surface area (Å²) in [5, 5.41) is 3.73. The number of anilines is 2. The predicted molar refractivity (Wildman–Crippen MR) is 111 cm³/mol. The number of thiophene rings is 1. The van der Waals surface area contributed by atoms with E-state index in [0.717, 1.165) is 26.4 Å². The van der Waals surface area contributed by atoms with Gasteiger partial charge in [-0.05, 0) is 30.0 Å². The molecule has 0 fully saturated rings. The van der Waals surface area contributed by atoms with Gasteiger partial charge in [-0.15, -0.1) is 11.3 Å². The molecule has 0 aliphatic rings. The van der Waals surface area contributed by atoms with Crippen molar-refractivity contribution in [3.63, 3.8) is 0 Å². The minimum atomic E-state index is -0.197. The van der Waals surface area contributed by atoms with Crippen LogP contribution in [-0.2, 0) is 0 Å². The topological polar surface area (TPSA) is 65.5 Å². The largest absolute Gasteiger partial charge is 0.354 e. The molecule has 0 aliphatic carbocycles. The monoisotopic (exact) mass is 406 g/mol. The predicted octanol–water partition coefficient (Wildman–Crippen LogP) is 4.45. The maximum atomic E-state index is 12.6. The van der Waals surface area contributed by atoms with Gasteiger partial charge in [-0.1, -0.05) is 23.5 Å². The van der Waals surface area contributed by atoms with Crippen LogP contribution in [0.5, 0.6) is 0 Å². The van der Waals surface area contributed by atoms with Crippen LogP contribution in [0.3, 0.4) is 0 Å². The first-order valence-electron chi connectivity index (χ1n) is 7.72. The van der Waals surface area contributed by atoms with E-state index in [9.17, 15) is 9.59 Å². The van der Waals surface area contributed by atoms with Crippen LogP contribution in [0, 0.1) is 0 Å². The molecule has 3 rings (SSSR count). The number of thioether (sulfide) groups is 1. The lowest BCUT2D eigenvalue weighted by atomic mass is 10.3. The van der Waals surface area contributed by atoms with Crippen molar-refractivity contribution in [3.8, 4) is 0 Å². The Bertz CT molecular complexity index is 930. The molecule has 0 saturated heterocycles. The van der Waals surface area contributed by atoms with Gasteiger partial charge in [0.15, 0.2) is 5.13 Å². The van der Waals surface area contributed by atoms with Crippen molar-refractivity contribution < 1.29 is 9.59 Å². The molecule has 26 heavy (non-hydrogen) atoms. The number of aromatic nitrogens is 1. The average Bonchev–Trinajstić information content (AvgIpc) is 3.15. The first-order chi connectivity index (χ1) is 12.3. The number of carbonyl (C=O) groups is 2. The van der Waals surface area contributed by atoms with E-state index in [-0.39, 0.29) is 11.1 Å². The number of para-hydroxylation sites is 1. The molecule has 0 unspecified atom stereocenters. The Morgan fingerprint density at radius 1 is 1.12 bits per heavy atom. The van der Waals surface area contributed by atoms with E-state index >= 15 is 0 Å². The van der Waals surface area contributed by atoms with Crippen molar-refractivity contribution in [2.45, 2.75) is 4.90 Å². The lowest BCUT2D eigenvalue weighted by molar-refractivity contribution is 0.103. The zero-order valence-electron chi connectivity index (χ0n) is 14.8. The highest BCUT2D eigenvalue weighted by atomic mass is 32.2. The lowest BCUT2D eigenvalue weighted by Crippen LogP contribution is -2.17. The van der Waals surface area contributed by atoms with Crippen LogP contribution >= 0.6 is 34.4 Å². The Kier molecular flexibility index (Phi) is 5.49. The summed E-state index contributed by atoms with van der Waals surface area (Å²) in [6.07, 6.45) is 0. The molecule has 2 aromatic heterocycles. The van der Waals surface area contributed by atoms with Crippen molar-refractivity contribution in [3.05, 3.63) is 35.2 Å². The summed E-state index contributed by atoms with van der Waals surface area (Å²) in [5.74, 6) is -0.197. The van der Waals surface area contributed by atoms with Gasteiger partial charge >= 0.3 is 0 Å². The minimum absolute atomic E-state index is 0.0937. The summed E-state index contributed by atoms with van der Waals surface area (Å²) in [6, 6.07) is 9.15. The summed E-state index contributed by atoms with van der Waals surface area (Å²) >= 11 is 4.01. The fourth-order valence-corrected chi connectivity index (χ4v) is 4.83. The average molecular weight is 407 g/mol. The number of nitrogens with zero attached hydrogens (tertiary/aromatic N) is 3. The Morgan fingerprint density at radius 3 is 2.50 bits per heavy atom. The number of rotatable bonds is 4. The quantitative estimate of drug-likeness (QED) is 0.649. The van der Waals surface area contributed by atoms with Crippen molar-refractivity contribution in [2.75, 3.05) is 38.4 Å². The molecule has 6 nitrogen and oxygen atoms in total. The van der Waals surface area contributed by atoms with E-state index in [2.05, 4.69) is 10.3 Å². The third-order valence-corrected chi connectivity index (χ3v) is 6.82. The van der Waals surface area contributed by atoms with Crippen molar-refractivity contribution in [2.24, 2.45) is 0 Å². The normalized spacial score (nSPS) is 10.8. The van der Waals surface area contributed by atoms with Gasteiger partial charge in [-0.2, -0.15) is 0 Å². The third-order valence-electron chi connectivity index (χ3n) is 3.38. The molecule has 0 aliphatic heterocycles. The molecule has 3 aromatic rings. The maximum Gasteiger partial charge on any atom is 0.286 e. The van der Waals surface area contributed by atoms with Gasteiger partial charge in [-0.3, -0.25) is 9.59 Å². The summed E-state index contributed by atoms with van der Waals surface area (Å²) in [7, 11) is 7.28. The highest BCUT2D eigenvalue weighted by Gasteiger charge is 2.17. The number of thiazole rings is 1. The molecular weight excluding hydrogens is 388 g/mol. The minimum Gasteiger partial charge on any atom is -0.354 e. The molecule has 0 bridgehead atoms. The molecule has 9 heteroatoms. The number of amides is 2. The van der Waals surface area contributed by atoms with Crippen molar-refractivity contribution in [1.29, 1.82) is 0 Å². The Labute approximate surface area is 163 Å². The molecule has 1 aromatic carbocycles. The molecule has 2 amide bonds. The smallest absolute Gasteiger partial charge is 0.286 e. The van der Waals surface area contributed by atoms with E-state index in [1.165, 1.54) is 16.2 Å². The number of benzene rings is 1. The fourth-order valence-electron chi connectivity index (χ4n) is 2.06. The first kappa shape index (κ1) is 18.7. The second kappa shape index (κ2) is 7.65. The zero-order chi connectivity index (χ0) is 18.8. The van der Waals surface area contributed by atoms with E-state index < -0.39 is 0 Å². The molecular formula is C17H18N4O2S3. The maximum absolute atomic E-state index is 12.6. The van der Waals surface area contributed by atoms with Crippen LogP contribution in [0.4, 0.5) is 15.6 Å². The highest BCUT2D eigenvalue weighted by molar-refractivity contribution is 8.13. The van der Waals surface area contributed by atoms with Crippen LogP contribution in [0.15, 0.2) is 35.2 Å². The molecule has 0 spiro atoms. The summed E-state index contributed by atoms with van der Waals surface area (Å²) in [4.78, 5) is 34.7. The fraction of sp³-hybridized carbons (Fsp3) is 0.235. The molecule has 0 radical (unpaired) electrons. The number of hydrogen-bond donors (Lipinski definition) is 1. The molecule has 0 atom stereocenters. The van der Waals surface area contributed by atoms with Gasteiger partial charge in [0, 0.05) is 33.1 Å². The number of nitrogens with one attached hydrogen (secondary N) is 1. The van der Waals surface area contributed by atoms with Gasteiger partial charge in [0.2, 0.25) is 0 Å². The van der Waals surface area contributed by atoms with Crippen molar-refractivity contribution in [1.82, 2.24) is 9.88 Å². The summed E-state index contributed by atoms with van der Waals surface area (Å²) < 4.78 is 0.995. The van der Waals surface area contributed by atoms with Crippen LogP contribution in [-0.4, -0.2) is 49.2 Å². The van der Waals surface area contributed by atoms with Crippen molar-refractivity contribution >= 4 is 65.9 Å². The summed E-state index contributed by atoms with van der Waals surface area (Å²) in [6.45, 7) is 0. The van der Waals surface area contributed by atoms with E-state index in [0.29, 0.717) is 15.5 Å². The van der Waals surface area contributed by atoms with E-state index in [1.807, 2.05) is 43.3 Å². The Hall–Kier alpha value is -2.10. The Balaban J connectivity index is 1.80. The van der Waals surface area contributed by atoms with Crippen LogP contribution < -0.4 is 10.2 Å². The number of carbonyl (C=O) groups excluding carboxylic acids is 2. The lowest BCUT2D eigenvalue weighted by Gasteiger charge is -2.12. The molecule has 2 heterocycles. The third kappa shape index (κ3) is 4.00. The SMILES string of the molecule is CN(C)C(=O)Sc1ccccc1NC(=O)c1cc2sc(N(C)C)nc2s1. The van der Waals surface area contributed by atoms with E-state index in [1.54, 1.807) is 31.5 Å². The first-order valence-corrected chi connectivity index (χ1v) is 10.2. The van der Waals surface area contributed by atoms with Crippen LogP contribution in [0.2, 0.25) is 0 Å². The van der Waals surface area contributed by atoms with Crippen LogP contribution in [0.25, 0.3) is 9.53 Å². The number of hydrogen-bond acceptors (Lipinski definition) is 7. The van der Waals surface area contributed by atoms with Crippen LogP contribution in [0.1, 0.15) is 9.67 Å². The van der Waals surface area contributed by atoms with Gasteiger partial charge in [0.05, 0.1) is 15.3 Å².